The lowest BCUT2D eigenvalue weighted by Gasteiger charge is -2.32. The van der Waals surface area contributed by atoms with Gasteiger partial charge in [0.15, 0.2) is 0 Å². The highest BCUT2D eigenvalue weighted by Gasteiger charge is 2.37. The summed E-state index contributed by atoms with van der Waals surface area (Å²) in [6.07, 6.45) is 4.76. The molecule has 1 aliphatic rings. The molecule has 1 N–H and O–H groups in total. The van der Waals surface area contributed by atoms with Crippen LogP contribution in [-0.2, 0) is 20.7 Å². The number of benzene rings is 1. The summed E-state index contributed by atoms with van der Waals surface area (Å²) in [6.45, 7) is 2.59. The van der Waals surface area contributed by atoms with Crippen LogP contribution in [0.15, 0.2) is 41.9 Å². The highest BCUT2D eigenvalue weighted by molar-refractivity contribution is 7.09. The van der Waals surface area contributed by atoms with Gasteiger partial charge in [-0.15, -0.1) is 11.3 Å². The van der Waals surface area contributed by atoms with E-state index >= 15 is 0 Å². The van der Waals surface area contributed by atoms with E-state index in [0.29, 0.717) is 6.42 Å². The first kappa shape index (κ1) is 20.5. The molecule has 2 amide bonds. The molecule has 1 aliphatic heterocycles. The third kappa shape index (κ3) is 4.77. The first-order chi connectivity index (χ1) is 13.6. The van der Waals surface area contributed by atoms with E-state index in [0.717, 1.165) is 36.4 Å². The highest BCUT2D eigenvalue weighted by atomic mass is 32.1. The van der Waals surface area contributed by atoms with Gasteiger partial charge in [0.25, 0.3) is 0 Å². The molecule has 0 radical (unpaired) electrons. The van der Waals surface area contributed by atoms with Crippen molar-refractivity contribution >= 4 is 23.7 Å². The molecule has 1 aromatic carbocycles. The molecule has 150 valence electrons. The quantitative estimate of drug-likeness (QED) is 0.656. The highest BCUT2D eigenvalue weighted by Crippen LogP contribution is 2.26. The Balaban J connectivity index is 1.72. The maximum Gasteiger partial charge on any atom is 0.226 e. The fourth-order valence-corrected chi connectivity index (χ4v) is 4.59. The molecular weight excluding hydrogens is 374 g/mol. The van der Waals surface area contributed by atoms with E-state index in [4.69, 9.17) is 4.74 Å². The molecule has 0 spiro atoms. The Kier molecular flexibility index (Phi) is 7.17. The van der Waals surface area contributed by atoms with Gasteiger partial charge in [-0.25, -0.2) is 4.98 Å². The van der Waals surface area contributed by atoms with Crippen LogP contribution in [0.4, 0.5) is 0 Å². The summed E-state index contributed by atoms with van der Waals surface area (Å²) in [4.78, 5) is 30.6. The average Bonchev–Trinajstić information content (AvgIpc) is 3.41. The predicted molar refractivity (Wildman–Crippen MR) is 109 cm³/mol. The number of hydrogen-bond donors (Lipinski definition) is 1. The number of aromatic nitrogens is 1. The maximum absolute atomic E-state index is 13.1. The van der Waals surface area contributed by atoms with E-state index in [2.05, 4.69) is 22.4 Å². The minimum Gasteiger partial charge on any atom is -0.378 e. The summed E-state index contributed by atoms with van der Waals surface area (Å²) >= 11 is 1.54. The van der Waals surface area contributed by atoms with Gasteiger partial charge >= 0.3 is 0 Å². The number of ether oxygens (including phenoxy) is 1. The molecule has 2 heterocycles. The molecule has 1 aromatic heterocycles. The van der Waals surface area contributed by atoms with E-state index in [-0.39, 0.29) is 30.0 Å². The van der Waals surface area contributed by atoms with Crippen LogP contribution in [0.5, 0.6) is 0 Å². The van der Waals surface area contributed by atoms with E-state index in [1.165, 1.54) is 11.3 Å². The van der Waals surface area contributed by atoms with Gasteiger partial charge in [0.1, 0.15) is 5.01 Å². The van der Waals surface area contributed by atoms with Crippen LogP contribution in [0.2, 0.25) is 0 Å². The van der Waals surface area contributed by atoms with Crippen molar-refractivity contribution in [2.45, 2.75) is 44.4 Å². The summed E-state index contributed by atoms with van der Waals surface area (Å²) in [5.74, 6) is -0.463. The summed E-state index contributed by atoms with van der Waals surface area (Å²) < 4.78 is 5.67. The maximum atomic E-state index is 13.1. The molecule has 0 saturated carbocycles. The number of nitrogens with one attached hydrogen (secondary N) is 1. The van der Waals surface area contributed by atoms with Crippen molar-refractivity contribution in [1.29, 1.82) is 0 Å². The van der Waals surface area contributed by atoms with Crippen molar-refractivity contribution in [3.63, 3.8) is 0 Å². The van der Waals surface area contributed by atoms with E-state index < -0.39 is 0 Å². The lowest BCUT2D eigenvalue weighted by atomic mass is 9.94. The normalized spacial score (nSPS) is 19.8. The minimum absolute atomic E-state index is 0.0595. The SMILES string of the molecule is CO[C@H]([C@@H](C)C(=O)N[C@@H](Cc1ccccc1)c1nccs1)[C@@H]1CCCN1C=O. The van der Waals surface area contributed by atoms with Gasteiger partial charge < -0.3 is 15.0 Å². The van der Waals surface area contributed by atoms with Crippen molar-refractivity contribution in [3.8, 4) is 0 Å². The van der Waals surface area contributed by atoms with E-state index in [1.54, 1.807) is 18.2 Å². The summed E-state index contributed by atoms with van der Waals surface area (Å²) in [5.41, 5.74) is 1.14. The van der Waals surface area contributed by atoms with E-state index in [1.807, 2.05) is 30.5 Å². The number of amides is 2. The Hall–Kier alpha value is -2.25. The number of hydrogen-bond acceptors (Lipinski definition) is 5. The molecule has 1 saturated heterocycles. The number of nitrogens with zero attached hydrogens (tertiary/aromatic N) is 2. The van der Waals surface area contributed by atoms with Crippen LogP contribution in [0.3, 0.4) is 0 Å². The molecule has 2 aromatic rings. The number of rotatable bonds is 9. The fraction of sp³-hybridized carbons (Fsp3) is 0.476. The second-order valence-corrected chi connectivity index (χ2v) is 8.09. The average molecular weight is 402 g/mol. The molecular formula is C21H27N3O3S. The second-order valence-electron chi connectivity index (χ2n) is 7.16. The van der Waals surface area contributed by atoms with Crippen LogP contribution in [0, 0.1) is 5.92 Å². The van der Waals surface area contributed by atoms with Gasteiger partial charge in [-0.1, -0.05) is 37.3 Å². The molecule has 7 heteroatoms. The van der Waals surface area contributed by atoms with Crippen molar-refractivity contribution in [2.24, 2.45) is 5.92 Å². The lowest BCUT2D eigenvalue weighted by Crippen LogP contribution is -2.48. The lowest BCUT2D eigenvalue weighted by molar-refractivity contribution is -0.134. The molecule has 1 fully saturated rings. The molecule has 3 rings (SSSR count). The van der Waals surface area contributed by atoms with Crippen molar-refractivity contribution < 1.29 is 14.3 Å². The van der Waals surface area contributed by atoms with Gasteiger partial charge in [-0.05, 0) is 24.8 Å². The number of carbonyl (C=O) groups is 2. The topological polar surface area (TPSA) is 71.5 Å². The van der Waals surface area contributed by atoms with Crippen molar-refractivity contribution in [3.05, 3.63) is 52.5 Å². The Morgan fingerprint density at radius 2 is 2.21 bits per heavy atom. The van der Waals surface area contributed by atoms with Crippen LogP contribution >= 0.6 is 11.3 Å². The van der Waals surface area contributed by atoms with Gasteiger partial charge in [0.2, 0.25) is 12.3 Å². The third-order valence-corrected chi connectivity index (χ3v) is 6.27. The van der Waals surface area contributed by atoms with Crippen LogP contribution in [0.1, 0.15) is 36.4 Å². The molecule has 0 bridgehead atoms. The largest absolute Gasteiger partial charge is 0.378 e. The zero-order valence-electron chi connectivity index (χ0n) is 16.3. The Morgan fingerprint density at radius 3 is 2.86 bits per heavy atom. The predicted octanol–water partition coefficient (Wildman–Crippen LogP) is 2.82. The van der Waals surface area contributed by atoms with Crippen LogP contribution in [-0.4, -0.2) is 48.0 Å². The van der Waals surface area contributed by atoms with Crippen molar-refractivity contribution in [2.75, 3.05) is 13.7 Å². The van der Waals surface area contributed by atoms with Gasteiger partial charge in [0, 0.05) is 25.2 Å². The number of thiazole rings is 1. The Labute approximate surface area is 169 Å². The minimum atomic E-state index is -0.381. The Morgan fingerprint density at radius 1 is 1.43 bits per heavy atom. The summed E-state index contributed by atoms with van der Waals surface area (Å²) in [7, 11) is 1.61. The molecule has 6 nitrogen and oxygen atoms in total. The molecule has 0 unspecified atom stereocenters. The summed E-state index contributed by atoms with van der Waals surface area (Å²) in [6, 6.07) is 9.81. The molecule has 4 atom stereocenters. The number of carbonyl (C=O) groups excluding carboxylic acids is 2. The first-order valence-corrected chi connectivity index (χ1v) is 10.5. The molecule has 28 heavy (non-hydrogen) atoms. The molecule has 0 aliphatic carbocycles. The first-order valence-electron chi connectivity index (χ1n) is 9.61. The fourth-order valence-electron chi connectivity index (χ4n) is 3.90. The van der Waals surface area contributed by atoms with Crippen molar-refractivity contribution in [1.82, 2.24) is 15.2 Å². The third-order valence-electron chi connectivity index (χ3n) is 5.38. The number of methoxy groups -OCH3 is 1. The second kappa shape index (κ2) is 9.80. The van der Waals surface area contributed by atoms with Gasteiger partial charge in [-0.2, -0.15) is 0 Å². The zero-order chi connectivity index (χ0) is 19.9. The van der Waals surface area contributed by atoms with E-state index in [9.17, 15) is 9.59 Å². The zero-order valence-corrected chi connectivity index (χ0v) is 17.1. The number of likely N-dealkylation sites (tertiary alicyclic amines) is 1. The van der Waals surface area contributed by atoms with Gasteiger partial charge in [0.05, 0.1) is 24.1 Å². The monoisotopic (exact) mass is 401 g/mol. The van der Waals surface area contributed by atoms with Crippen LogP contribution in [0.25, 0.3) is 0 Å². The van der Waals surface area contributed by atoms with Gasteiger partial charge in [-0.3, -0.25) is 9.59 Å². The summed E-state index contributed by atoms with van der Waals surface area (Å²) in [5, 5.41) is 5.96. The van der Waals surface area contributed by atoms with Crippen LogP contribution < -0.4 is 5.32 Å². The smallest absolute Gasteiger partial charge is 0.226 e. The Bertz CT molecular complexity index is 754. The standard InChI is InChI=1S/C21H27N3O3S/c1-15(19(27-2)18-9-6-11-24(18)14-25)20(26)23-17(21-22-10-12-28-21)13-16-7-4-3-5-8-16/h3-5,7-8,10,12,14-15,17-19H,6,9,11,13H2,1-2H3,(H,23,26)/t15-,17+,18+,19-/m1/s1.